The number of methoxy groups -OCH3 is 1. The molecule has 33 heavy (non-hydrogen) atoms. The molecule has 4 rings (SSSR count). The van der Waals surface area contributed by atoms with E-state index >= 15 is 0 Å². The third-order valence-electron chi connectivity index (χ3n) is 5.37. The predicted molar refractivity (Wildman–Crippen MR) is 139 cm³/mol. The molecule has 8 nitrogen and oxygen atoms in total. The highest BCUT2D eigenvalue weighted by molar-refractivity contribution is 14.0. The highest BCUT2D eigenvalue weighted by Gasteiger charge is 2.22. The van der Waals surface area contributed by atoms with Crippen LogP contribution in [0.25, 0.3) is 0 Å². The van der Waals surface area contributed by atoms with E-state index in [2.05, 4.69) is 50.0 Å². The SMILES string of the molecule is CN=C(NCc1ccc(OCc2ccccc2)cc1)NC1CCc2nc(COC)nn2C1.I. The van der Waals surface area contributed by atoms with Gasteiger partial charge in [-0.1, -0.05) is 42.5 Å². The number of hydrogen-bond acceptors (Lipinski definition) is 5. The monoisotopic (exact) mass is 562 g/mol. The van der Waals surface area contributed by atoms with Gasteiger partial charge >= 0.3 is 0 Å². The molecular formula is C24H31IN6O2. The molecule has 1 aliphatic rings. The molecule has 0 saturated carbocycles. The molecule has 0 aliphatic carbocycles. The summed E-state index contributed by atoms with van der Waals surface area (Å²) in [5.41, 5.74) is 2.31. The molecule has 0 fully saturated rings. The molecule has 2 N–H and O–H groups in total. The predicted octanol–water partition coefficient (Wildman–Crippen LogP) is 3.30. The van der Waals surface area contributed by atoms with Crippen molar-refractivity contribution < 1.29 is 9.47 Å². The molecule has 1 unspecified atom stereocenters. The van der Waals surface area contributed by atoms with Crippen molar-refractivity contribution in [2.24, 2.45) is 4.99 Å². The number of aryl methyl sites for hydroxylation is 1. The van der Waals surface area contributed by atoms with Gasteiger partial charge in [-0.25, -0.2) is 9.67 Å². The van der Waals surface area contributed by atoms with E-state index in [-0.39, 0.29) is 30.0 Å². The molecule has 1 atom stereocenters. The number of fused-ring (bicyclic) bond motifs is 1. The molecule has 0 bridgehead atoms. The summed E-state index contributed by atoms with van der Waals surface area (Å²) in [6.45, 7) is 2.45. The number of benzene rings is 2. The van der Waals surface area contributed by atoms with Gasteiger partial charge in [0, 0.05) is 33.2 Å². The molecular weight excluding hydrogens is 531 g/mol. The molecule has 9 heteroatoms. The Balaban J connectivity index is 0.00000306. The molecule has 2 heterocycles. The van der Waals surface area contributed by atoms with Crippen LogP contribution in [0.4, 0.5) is 0 Å². The van der Waals surface area contributed by atoms with Crippen LogP contribution < -0.4 is 15.4 Å². The lowest BCUT2D eigenvalue weighted by atomic mass is 10.1. The lowest BCUT2D eigenvalue weighted by Gasteiger charge is -2.25. The molecule has 1 aromatic heterocycles. The Labute approximate surface area is 211 Å². The van der Waals surface area contributed by atoms with Gasteiger partial charge in [-0.15, -0.1) is 24.0 Å². The summed E-state index contributed by atoms with van der Waals surface area (Å²) in [6.07, 6.45) is 1.87. The van der Waals surface area contributed by atoms with Gasteiger partial charge < -0.3 is 20.1 Å². The fourth-order valence-electron chi connectivity index (χ4n) is 3.69. The van der Waals surface area contributed by atoms with Crippen molar-refractivity contribution in [3.8, 4) is 5.75 Å². The van der Waals surface area contributed by atoms with Gasteiger partial charge in [0.2, 0.25) is 0 Å². The van der Waals surface area contributed by atoms with Crippen molar-refractivity contribution in [1.82, 2.24) is 25.4 Å². The maximum Gasteiger partial charge on any atom is 0.191 e. The van der Waals surface area contributed by atoms with Crippen LogP contribution in [0, 0.1) is 0 Å². The molecule has 1 aliphatic heterocycles. The molecule has 0 radical (unpaired) electrons. The first kappa shape index (κ1) is 25.0. The van der Waals surface area contributed by atoms with Crippen LogP contribution in [-0.2, 0) is 37.5 Å². The number of aromatic nitrogens is 3. The standard InChI is InChI=1S/C24H30N6O2.HI/c1-25-24(27-20-10-13-23-28-22(17-31-2)29-30(23)15-20)26-14-18-8-11-21(12-9-18)32-16-19-6-4-3-5-7-19;/h3-9,11-12,20H,10,13-17H2,1-2H3,(H2,25,26,27);1H. The van der Waals surface area contributed by atoms with Gasteiger partial charge in [0.1, 0.15) is 24.8 Å². The minimum absolute atomic E-state index is 0. The van der Waals surface area contributed by atoms with E-state index in [0.29, 0.717) is 19.8 Å². The van der Waals surface area contributed by atoms with Crippen LogP contribution in [0.3, 0.4) is 0 Å². The number of rotatable bonds is 8. The first-order chi connectivity index (χ1) is 15.7. The van der Waals surface area contributed by atoms with Gasteiger partial charge in [0.25, 0.3) is 0 Å². The average Bonchev–Trinajstić information content (AvgIpc) is 3.23. The largest absolute Gasteiger partial charge is 0.489 e. The van der Waals surface area contributed by atoms with Crippen LogP contribution in [-0.4, -0.2) is 40.9 Å². The highest BCUT2D eigenvalue weighted by atomic mass is 127. The summed E-state index contributed by atoms with van der Waals surface area (Å²) in [6, 6.07) is 18.6. The van der Waals surface area contributed by atoms with Crippen LogP contribution in [0.5, 0.6) is 5.75 Å². The van der Waals surface area contributed by atoms with E-state index in [0.717, 1.165) is 53.9 Å². The molecule has 0 spiro atoms. The quantitative estimate of drug-likeness (QED) is 0.249. The van der Waals surface area contributed by atoms with E-state index < -0.39 is 0 Å². The Hall–Kier alpha value is -2.66. The summed E-state index contributed by atoms with van der Waals surface area (Å²) in [4.78, 5) is 8.90. The topological polar surface area (TPSA) is 85.6 Å². The number of ether oxygens (including phenoxy) is 2. The summed E-state index contributed by atoms with van der Waals surface area (Å²) >= 11 is 0. The first-order valence-corrected chi connectivity index (χ1v) is 10.9. The zero-order valence-corrected chi connectivity index (χ0v) is 21.4. The second-order valence-corrected chi connectivity index (χ2v) is 7.78. The van der Waals surface area contributed by atoms with E-state index in [9.17, 15) is 0 Å². The van der Waals surface area contributed by atoms with Crippen LogP contribution in [0.15, 0.2) is 59.6 Å². The lowest BCUT2D eigenvalue weighted by Crippen LogP contribution is -2.46. The molecule has 2 aromatic carbocycles. The average molecular weight is 562 g/mol. The Bertz CT molecular complexity index is 1020. The van der Waals surface area contributed by atoms with Crippen molar-refractivity contribution in [1.29, 1.82) is 0 Å². The van der Waals surface area contributed by atoms with Crippen molar-refractivity contribution in [3.63, 3.8) is 0 Å². The summed E-state index contributed by atoms with van der Waals surface area (Å²) in [7, 11) is 3.45. The third-order valence-corrected chi connectivity index (χ3v) is 5.37. The van der Waals surface area contributed by atoms with Gasteiger partial charge in [-0.3, -0.25) is 4.99 Å². The number of aliphatic imine (C=N–C) groups is 1. The molecule has 0 saturated heterocycles. The number of guanidine groups is 1. The van der Waals surface area contributed by atoms with Gasteiger partial charge in [0.15, 0.2) is 11.8 Å². The maximum atomic E-state index is 5.86. The Morgan fingerprint density at radius 1 is 1.09 bits per heavy atom. The smallest absolute Gasteiger partial charge is 0.191 e. The third kappa shape index (κ3) is 7.16. The van der Waals surface area contributed by atoms with Gasteiger partial charge in [-0.2, -0.15) is 5.10 Å². The molecule has 176 valence electrons. The number of halogens is 1. The molecule has 3 aromatic rings. The van der Waals surface area contributed by atoms with E-state index in [4.69, 9.17) is 9.47 Å². The zero-order chi connectivity index (χ0) is 22.2. The second-order valence-electron chi connectivity index (χ2n) is 7.78. The van der Waals surface area contributed by atoms with Crippen LogP contribution in [0.2, 0.25) is 0 Å². The summed E-state index contributed by atoms with van der Waals surface area (Å²) < 4.78 is 13.0. The highest BCUT2D eigenvalue weighted by Crippen LogP contribution is 2.15. The fourth-order valence-corrected chi connectivity index (χ4v) is 3.69. The van der Waals surface area contributed by atoms with Gasteiger partial charge in [-0.05, 0) is 29.7 Å². The van der Waals surface area contributed by atoms with Gasteiger partial charge in [0.05, 0.1) is 6.54 Å². The normalized spacial score (nSPS) is 15.3. The fraction of sp³-hybridized carbons (Fsp3) is 0.375. The second kappa shape index (κ2) is 12.5. The van der Waals surface area contributed by atoms with Crippen molar-refractivity contribution in [3.05, 3.63) is 77.4 Å². The number of hydrogen-bond donors (Lipinski definition) is 2. The lowest BCUT2D eigenvalue weighted by molar-refractivity contribution is 0.177. The van der Waals surface area contributed by atoms with E-state index in [1.54, 1.807) is 14.2 Å². The zero-order valence-electron chi connectivity index (χ0n) is 19.0. The minimum atomic E-state index is 0. The van der Waals surface area contributed by atoms with Crippen molar-refractivity contribution in [2.45, 2.75) is 45.2 Å². The van der Waals surface area contributed by atoms with Crippen LogP contribution >= 0.6 is 24.0 Å². The first-order valence-electron chi connectivity index (χ1n) is 10.9. The van der Waals surface area contributed by atoms with Crippen molar-refractivity contribution in [2.75, 3.05) is 14.2 Å². The maximum absolute atomic E-state index is 5.86. The number of nitrogens with one attached hydrogen (secondary N) is 2. The van der Waals surface area contributed by atoms with E-state index in [1.807, 2.05) is 35.0 Å². The van der Waals surface area contributed by atoms with Crippen LogP contribution in [0.1, 0.15) is 29.2 Å². The Morgan fingerprint density at radius 2 is 1.88 bits per heavy atom. The Kier molecular flexibility index (Phi) is 9.49. The van der Waals surface area contributed by atoms with E-state index in [1.165, 1.54) is 0 Å². The minimum Gasteiger partial charge on any atom is -0.489 e. The summed E-state index contributed by atoms with van der Waals surface area (Å²) in [5.74, 6) is 3.40. The molecule has 0 amide bonds. The Morgan fingerprint density at radius 3 is 2.61 bits per heavy atom. The van der Waals surface area contributed by atoms with Crippen molar-refractivity contribution >= 4 is 29.9 Å². The summed E-state index contributed by atoms with van der Waals surface area (Å²) in [5, 5.41) is 11.4. The number of nitrogens with zero attached hydrogens (tertiary/aromatic N) is 4.